The first-order valence-corrected chi connectivity index (χ1v) is 7.06. The van der Waals surface area contributed by atoms with E-state index in [9.17, 15) is 4.79 Å². The van der Waals surface area contributed by atoms with Crippen molar-refractivity contribution < 1.29 is 4.79 Å². The molecule has 5 nitrogen and oxygen atoms in total. The smallest absolute Gasteiger partial charge is 0.274 e. The molecule has 6 heteroatoms. The summed E-state index contributed by atoms with van der Waals surface area (Å²) in [5, 5.41) is 4.35. The van der Waals surface area contributed by atoms with Crippen molar-refractivity contribution >= 4 is 18.3 Å². The van der Waals surface area contributed by atoms with Crippen LogP contribution in [0.1, 0.15) is 48.8 Å². The number of carbonyl (C=O) groups excluding carboxylic acids is 1. The Hall–Kier alpha value is -1.07. The Morgan fingerprint density at radius 3 is 2.50 bits per heavy atom. The maximum absolute atomic E-state index is 12.4. The van der Waals surface area contributed by atoms with E-state index in [1.807, 2.05) is 22.7 Å². The second-order valence-electron chi connectivity index (χ2n) is 5.70. The zero-order chi connectivity index (χ0) is 14.0. The van der Waals surface area contributed by atoms with Gasteiger partial charge in [0.2, 0.25) is 0 Å². The standard InChI is InChI=1S/C14H24N4O.ClH/c1-10(2)13-8-12(16-17(13)3)14(19)18-6-4-11(9-15)5-7-18;/h8,10-11H,4-7,9,15H2,1-3H3;1H. The molecule has 114 valence electrons. The number of amides is 1. The van der Waals surface area contributed by atoms with E-state index < -0.39 is 0 Å². The van der Waals surface area contributed by atoms with E-state index >= 15 is 0 Å². The summed E-state index contributed by atoms with van der Waals surface area (Å²) in [6, 6.07) is 1.92. The average molecular weight is 301 g/mol. The van der Waals surface area contributed by atoms with E-state index in [2.05, 4.69) is 18.9 Å². The molecule has 0 saturated carbocycles. The van der Waals surface area contributed by atoms with Crippen LogP contribution in [0.5, 0.6) is 0 Å². The lowest BCUT2D eigenvalue weighted by Gasteiger charge is -2.30. The van der Waals surface area contributed by atoms with Crippen LogP contribution in [0.25, 0.3) is 0 Å². The van der Waals surface area contributed by atoms with Crippen molar-refractivity contribution in [3.05, 3.63) is 17.5 Å². The summed E-state index contributed by atoms with van der Waals surface area (Å²) in [5.41, 5.74) is 7.34. The molecule has 2 rings (SSSR count). The van der Waals surface area contributed by atoms with Gasteiger partial charge in [-0.3, -0.25) is 9.48 Å². The van der Waals surface area contributed by atoms with Gasteiger partial charge in [0.25, 0.3) is 5.91 Å². The molecule has 0 atom stereocenters. The largest absolute Gasteiger partial charge is 0.337 e. The SMILES string of the molecule is CC(C)c1cc(C(=O)N2CCC(CN)CC2)nn1C.Cl. The fourth-order valence-corrected chi connectivity index (χ4v) is 2.66. The van der Waals surface area contributed by atoms with Gasteiger partial charge in [-0.25, -0.2) is 0 Å². The molecule has 0 unspecified atom stereocenters. The van der Waals surface area contributed by atoms with Crippen molar-refractivity contribution in [2.75, 3.05) is 19.6 Å². The summed E-state index contributed by atoms with van der Waals surface area (Å²) >= 11 is 0. The fourth-order valence-electron chi connectivity index (χ4n) is 2.66. The van der Waals surface area contributed by atoms with Crippen LogP contribution in [0.4, 0.5) is 0 Å². The van der Waals surface area contributed by atoms with Crippen molar-refractivity contribution in [1.29, 1.82) is 0 Å². The Bertz CT molecular complexity index is 450. The predicted molar refractivity (Wildman–Crippen MR) is 82.2 cm³/mol. The Labute approximate surface area is 126 Å². The molecular formula is C14H25ClN4O. The fraction of sp³-hybridized carbons (Fsp3) is 0.714. The third kappa shape index (κ3) is 3.52. The Morgan fingerprint density at radius 2 is 2.05 bits per heavy atom. The third-order valence-electron chi connectivity index (χ3n) is 3.96. The van der Waals surface area contributed by atoms with Gasteiger partial charge in [0, 0.05) is 25.8 Å². The molecule has 0 aliphatic carbocycles. The number of halogens is 1. The number of piperidine rings is 1. The molecule has 0 aromatic carbocycles. The van der Waals surface area contributed by atoms with E-state index in [-0.39, 0.29) is 18.3 Å². The summed E-state index contributed by atoms with van der Waals surface area (Å²) in [7, 11) is 1.90. The molecule has 2 N–H and O–H groups in total. The van der Waals surface area contributed by atoms with Gasteiger partial charge in [-0.2, -0.15) is 5.10 Å². The molecule has 1 amide bonds. The summed E-state index contributed by atoms with van der Waals surface area (Å²) < 4.78 is 1.81. The predicted octanol–water partition coefficient (Wildman–Crippen LogP) is 1.78. The minimum atomic E-state index is 0. The van der Waals surface area contributed by atoms with Gasteiger partial charge in [-0.15, -0.1) is 12.4 Å². The summed E-state index contributed by atoms with van der Waals surface area (Å²) in [6.45, 7) is 6.54. The number of aromatic nitrogens is 2. The molecule has 0 spiro atoms. The Morgan fingerprint density at radius 1 is 1.45 bits per heavy atom. The number of aryl methyl sites for hydroxylation is 1. The van der Waals surface area contributed by atoms with Crippen LogP contribution >= 0.6 is 12.4 Å². The molecule has 1 aromatic rings. The van der Waals surface area contributed by atoms with Crippen LogP contribution in [-0.2, 0) is 7.05 Å². The summed E-state index contributed by atoms with van der Waals surface area (Å²) in [5.74, 6) is 0.999. The van der Waals surface area contributed by atoms with Gasteiger partial charge in [0.1, 0.15) is 0 Å². The van der Waals surface area contributed by atoms with E-state index in [1.54, 1.807) is 0 Å². The minimum absolute atomic E-state index is 0. The maximum Gasteiger partial charge on any atom is 0.274 e. The van der Waals surface area contributed by atoms with Crippen LogP contribution in [0.2, 0.25) is 0 Å². The van der Waals surface area contributed by atoms with E-state index in [1.165, 1.54) is 0 Å². The Balaban J connectivity index is 0.00000200. The topological polar surface area (TPSA) is 64.2 Å². The molecule has 2 heterocycles. The van der Waals surface area contributed by atoms with Crippen LogP contribution < -0.4 is 5.73 Å². The normalized spacial score (nSPS) is 16.4. The third-order valence-corrected chi connectivity index (χ3v) is 3.96. The highest BCUT2D eigenvalue weighted by molar-refractivity contribution is 5.92. The van der Waals surface area contributed by atoms with Crippen LogP contribution in [0, 0.1) is 5.92 Å². The summed E-state index contributed by atoms with van der Waals surface area (Å²) in [4.78, 5) is 14.3. The van der Waals surface area contributed by atoms with Crippen LogP contribution in [-0.4, -0.2) is 40.2 Å². The molecule has 0 bridgehead atoms. The molecule has 1 fully saturated rings. The Kier molecular flexibility index (Phi) is 6.02. The van der Waals surface area contributed by atoms with Crippen molar-refractivity contribution in [2.45, 2.75) is 32.6 Å². The van der Waals surface area contributed by atoms with Gasteiger partial charge in [-0.1, -0.05) is 13.8 Å². The molecule has 20 heavy (non-hydrogen) atoms. The van der Waals surface area contributed by atoms with Crippen molar-refractivity contribution in [3.63, 3.8) is 0 Å². The maximum atomic E-state index is 12.4. The van der Waals surface area contributed by atoms with Crippen LogP contribution in [0.15, 0.2) is 6.07 Å². The first-order valence-electron chi connectivity index (χ1n) is 7.06. The van der Waals surface area contributed by atoms with E-state index in [4.69, 9.17) is 5.73 Å². The zero-order valence-electron chi connectivity index (χ0n) is 12.5. The number of rotatable bonds is 3. The molecular weight excluding hydrogens is 276 g/mol. The van der Waals surface area contributed by atoms with Gasteiger partial charge in [0.05, 0.1) is 0 Å². The second-order valence-corrected chi connectivity index (χ2v) is 5.70. The van der Waals surface area contributed by atoms with Crippen molar-refractivity contribution in [3.8, 4) is 0 Å². The second kappa shape index (κ2) is 7.09. The zero-order valence-corrected chi connectivity index (χ0v) is 13.3. The number of nitrogens with zero attached hydrogens (tertiary/aromatic N) is 3. The molecule has 1 aromatic heterocycles. The van der Waals surface area contributed by atoms with Gasteiger partial charge in [-0.05, 0) is 37.3 Å². The summed E-state index contributed by atoms with van der Waals surface area (Å²) in [6.07, 6.45) is 2.01. The molecule has 0 radical (unpaired) electrons. The number of carbonyl (C=O) groups is 1. The monoisotopic (exact) mass is 300 g/mol. The highest BCUT2D eigenvalue weighted by Gasteiger charge is 2.25. The lowest BCUT2D eigenvalue weighted by molar-refractivity contribution is 0.0686. The first-order chi connectivity index (χ1) is 9.02. The lowest BCUT2D eigenvalue weighted by atomic mass is 9.97. The van der Waals surface area contributed by atoms with E-state index in [0.29, 0.717) is 17.5 Å². The highest BCUT2D eigenvalue weighted by atomic mass is 35.5. The number of hydrogen-bond donors (Lipinski definition) is 1. The average Bonchev–Trinajstić information content (AvgIpc) is 2.80. The number of likely N-dealkylation sites (tertiary alicyclic amines) is 1. The van der Waals surface area contributed by atoms with Gasteiger partial charge < -0.3 is 10.6 Å². The van der Waals surface area contributed by atoms with Gasteiger partial charge in [0.15, 0.2) is 5.69 Å². The van der Waals surface area contributed by atoms with Crippen molar-refractivity contribution in [1.82, 2.24) is 14.7 Å². The van der Waals surface area contributed by atoms with Crippen molar-refractivity contribution in [2.24, 2.45) is 18.7 Å². The quantitative estimate of drug-likeness (QED) is 0.925. The minimum Gasteiger partial charge on any atom is -0.337 e. The molecule has 1 aliphatic rings. The van der Waals surface area contributed by atoms with E-state index in [0.717, 1.165) is 38.2 Å². The van der Waals surface area contributed by atoms with Gasteiger partial charge >= 0.3 is 0 Å². The number of hydrogen-bond acceptors (Lipinski definition) is 3. The lowest BCUT2D eigenvalue weighted by Crippen LogP contribution is -2.40. The molecule has 1 saturated heterocycles. The first kappa shape index (κ1) is 17.0. The highest BCUT2D eigenvalue weighted by Crippen LogP contribution is 2.20. The molecule has 1 aliphatic heterocycles. The van der Waals surface area contributed by atoms with Crippen LogP contribution in [0.3, 0.4) is 0 Å². The number of nitrogens with two attached hydrogens (primary N) is 1.